The van der Waals surface area contributed by atoms with Gasteiger partial charge in [0.05, 0.1) is 0 Å². The van der Waals surface area contributed by atoms with E-state index in [2.05, 4.69) is 10.2 Å². The highest BCUT2D eigenvalue weighted by Gasteiger charge is 2.21. The number of rotatable bonds is 1. The van der Waals surface area contributed by atoms with Gasteiger partial charge >= 0.3 is 0 Å². The Morgan fingerprint density at radius 2 is 1.73 bits per heavy atom. The molecule has 3 nitrogen and oxygen atoms in total. The third-order valence-electron chi connectivity index (χ3n) is 3.08. The summed E-state index contributed by atoms with van der Waals surface area (Å²) >= 11 is 0. The molecule has 0 radical (unpaired) electrons. The number of ether oxygens (including phenoxy) is 1. The van der Waals surface area contributed by atoms with Crippen LogP contribution in [0.15, 0.2) is 0 Å². The van der Waals surface area contributed by atoms with Crippen LogP contribution in [0.4, 0.5) is 0 Å². The van der Waals surface area contributed by atoms with Gasteiger partial charge in [0.15, 0.2) is 0 Å². The van der Waals surface area contributed by atoms with Crippen LogP contribution < -0.4 is 5.32 Å². The van der Waals surface area contributed by atoms with Crippen LogP contribution in [0.25, 0.3) is 0 Å². The maximum absolute atomic E-state index is 5.38. The van der Waals surface area contributed by atoms with Crippen molar-refractivity contribution < 1.29 is 4.74 Å². The lowest BCUT2D eigenvalue weighted by Crippen LogP contribution is -2.41. The molecule has 2 aliphatic heterocycles. The lowest BCUT2D eigenvalue weighted by molar-refractivity contribution is 0.0363. The molecule has 0 spiro atoms. The zero-order valence-electron chi connectivity index (χ0n) is 9.11. The summed E-state index contributed by atoms with van der Waals surface area (Å²) in [6.07, 6.45) is 3.78. The second kappa shape index (κ2) is 8.59. The fraction of sp³-hybridized carbons (Fsp3) is 1.00. The maximum Gasteiger partial charge on any atom is 0.0480 e. The third-order valence-corrected chi connectivity index (χ3v) is 3.08. The summed E-state index contributed by atoms with van der Waals surface area (Å²) in [6.45, 7) is 6.79. The summed E-state index contributed by atoms with van der Waals surface area (Å²) in [4.78, 5) is 2.64. The molecule has 0 unspecified atom stereocenters. The first-order chi connectivity index (χ1) is 6.47. The first-order valence-electron chi connectivity index (χ1n) is 5.49. The van der Waals surface area contributed by atoms with E-state index in [0.29, 0.717) is 0 Å². The molecule has 0 bridgehead atoms. The maximum atomic E-state index is 5.38. The minimum atomic E-state index is 0. The summed E-state index contributed by atoms with van der Waals surface area (Å²) in [5, 5.41) is 3.44. The van der Waals surface area contributed by atoms with E-state index in [4.69, 9.17) is 4.74 Å². The van der Waals surface area contributed by atoms with Gasteiger partial charge in [-0.1, -0.05) is 0 Å². The van der Waals surface area contributed by atoms with Crippen molar-refractivity contribution in [2.45, 2.75) is 25.3 Å². The summed E-state index contributed by atoms with van der Waals surface area (Å²) in [7, 11) is 0. The van der Waals surface area contributed by atoms with Crippen molar-refractivity contribution in [1.29, 1.82) is 0 Å². The molecule has 0 saturated carbocycles. The van der Waals surface area contributed by atoms with E-state index >= 15 is 0 Å². The Hall–Kier alpha value is 0.460. The number of nitrogens with one attached hydrogen (secondary N) is 1. The van der Waals surface area contributed by atoms with Gasteiger partial charge in [-0.2, -0.15) is 0 Å². The SMILES string of the molecule is C1CNCCN(C2CCOCC2)C1.Cl.Cl. The normalized spacial score (nSPS) is 24.8. The van der Waals surface area contributed by atoms with Crippen LogP contribution in [-0.4, -0.2) is 50.3 Å². The zero-order chi connectivity index (χ0) is 8.93. The fourth-order valence-corrected chi connectivity index (χ4v) is 2.28. The monoisotopic (exact) mass is 256 g/mol. The van der Waals surface area contributed by atoms with Crippen molar-refractivity contribution in [3.8, 4) is 0 Å². The average molecular weight is 257 g/mol. The van der Waals surface area contributed by atoms with E-state index in [-0.39, 0.29) is 24.8 Å². The van der Waals surface area contributed by atoms with Crippen molar-refractivity contribution in [1.82, 2.24) is 10.2 Å². The van der Waals surface area contributed by atoms with E-state index < -0.39 is 0 Å². The summed E-state index contributed by atoms with van der Waals surface area (Å²) in [6, 6.07) is 0.800. The van der Waals surface area contributed by atoms with E-state index in [1.165, 1.54) is 38.9 Å². The van der Waals surface area contributed by atoms with Crippen molar-refractivity contribution >= 4 is 24.8 Å². The summed E-state index contributed by atoms with van der Waals surface area (Å²) in [5.41, 5.74) is 0. The molecule has 2 rings (SSSR count). The zero-order valence-corrected chi connectivity index (χ0v) is 10.7. The van der Waals surface area contributed by atoms with Crippen LogP contribution in [0.5, 0.6) is 0 Å². The molecule has 2 heterocycles. The molecule has 92 valence electrons. The Morgan fingerprint density at radius 1 is 1.00 bits per heavy atom. The second-order valence-electron chi connectivity index (χ2n) is 3.98. The van der Waals surface area contributed by atoms with Crippen LogP contribution >= 0.6 is 24.8 Å². The molecular weight excluding hydrogens is 235 g/mol. The molecule has 1 N–H and O–H groups in total. The number of hydrogen-bond acceptors (Lipinski definition) is 3. The molecule has 0 atom stereocenters. The Bertz CT molecular complexity index is 146. The van der Waals surface area contributed by atoms with Gasteiger partial charge in [-0.3, -0.25) is 4.90 Å². The van der Waals surface area contributed by atoms with Gasteiger partial charge in [0.2, 0.25) is 0 Å². The van der Waals surface area contributed by atoms with Crippen molar-refractivity contribution in [2.75, 3.05) is 39.4 Å². The molecule has 5 heteroatoms. The van der Waals surface area contributed by atoms with Crippen LogP contribution in [0, 0.1) is 0 Å². The van der Waals surface area contributed by atoms with E-state index in [0.717, 1.165) is 25.8 Å². The van der Waals surface area contributed by atoms with E-state index in [1.54, 1.807) is 0 Å². The van der Waals surface area contributed by atoms with Crippen LogP contribution in [-0.2, 0) is 4.74 Å². The third kappa shape index (κ3) is 4.87. The van der Waals surface area contributed by atoms with E-state index in [1.807, 2.05) is 0 Å². The molecule has 0 aromatic heterocycles. The molecule has 2 fully saturated rings. The van der Waals surface area contributed by atoms with Crippen LogP contribution in [0.1, 0.15) is 19.3 Å². The van der Waals surface area contributed by atoms with Gasteiger partial charge in [0, 0.05) is 32.3 Å². The molecule has 15 heavy (non-hydrogen) atoms. The highest BCUT2D eigenvalue weighted by atomic mass is 35.5. The lowest BCUT2D eigenvalue weighted by atomic mass is 10.1. The second-order valence-corrected chi connectivity index (χ2v) is 3.98. The van der Waals surface area contributed by atoms with Crippen molar-refractivity contribution in [3.05, 3.63) is 0 Å². The molecule has 0 amide bonds. The minimum Gasteiger partial charge on any atom is -0.381 e. The number of hydrogen-bond donors (Lipinski definition) is 1. The number of nitrogens with zero attached hydrogens (tertiary/aromatic N) is 1. The smallest absolute Gasteiger partial charge is 0.0480 e. The largest absolute Gasteiger partial charge is 0.381 e. The Labute approximate surface area is 105 Å². The summed E-state index contributed by atoms with van der Waals surface area (Å²) in [5.74, 6) is 0. The average Bonchev–Trinajstić information content (AvgIpc) is 2.47. The summed E-state index contributed by atoms with van der Waals surface area (Å²) < 4.78 is 5.38. The lowest BCUT2D eigenvalue weighted by Gasteiger charge is -2.33. The van der Waals surface area contributed by atoms with Gasteiger partial charge in [0.25, 0.3) is 0 Å². The van der Waals surface area contributed by atoms with Gasteiger partial charge in [-0.05, 0) is 32.4 Å². The quantitative estimate of drug-likeness (QED) is 0.766. The standard InChI is InChI=1S/C10H20N2O.2ClH/c1-4-11-5-7-12(6-1)10-2-8-13-9-3-10;;/h10-11H,1-9H2;2*1H. The molecule has 0 aromatic rings. The molecule has 0 aromatic carbocycles. The fourth-order valence-electron chi connectivity index (χ4n) is 2.28. The highest BCUT2D eigenvalue weighted by molar-refractivity contribution is 5.85. The first kappa shape index (κ1) is 15.5. The highest BCUT2D eigenvalue weighted by Crippen LogP contribution is 2.14. The number of halogens is 2. The van der Waals surface area contributed by atoms with Gasteiger partial charge in [-0.25, -0.2) is 0 Å². The van der Waals surface area contributed by atoms with Gasteiger partial charge < -0.3 is 10.1 Å². The molecule has 0 aliphatic carbocycles. The topological polar surface area (TPSA) is 24.5 Å². The predicted molar refractivity (Wildman–Crippen MR) is 67.4 cm³/mol. The first-order valence-corrected chi connectivity index (χ1v) is 5.49. The minimum absolute atomic E-state index is 0. The molecule has 2 saturated heterocycles. The Balaban J connectivity index is 0.000000980. The Morgan fingerprint density at radius 3 is 2.47 bits per heavy atom. The van der Waals surface area contributed by atoms with Crippen molar-refractivity contribution in [3.63, 3.8) is 0 Å². The van der Waals surface area contributed by atoms with Crippen LogP contribution in [0.2, 0.25) is 0 Å². The van der Waals surface area contributed by atoms with E-state index in [9.17, 15) is 0 Å². The van der Waals surface area contributed by atoms with Gasteiger partial charge in [-0.15, -0.1) is 24.8 Å². The van der Waals surface area contributed by atoms with Crippen molar-refractivity contribution in [2.24, 2.45) is 0 Å². The molecule has 2 aliphatic rings. The van der Waals surface area contributed by atoms with Crippen LogP contribution in [0.3, 0.4) is 0 Å². The molecular formula is C10H22Cl2N2O. The van der Waals surface area contributed by atoms with Gasteiger partial charge in [0.1, 0.15) is 0 Å². The Kier molecular flexibility index (Phi) is 8.86. The predicted octanol–water partition coefficient (Wildman–Crippen LogP) is 1.30.